The standard InChI is InChI=1S/C35H58N2O7/c1-30(19-38,11-6-20-10-15-37-27(36)16-20)34(5,42)29-28(44-29)33(4,41)26-9-14-35(43)23-18-25(40)24-17-21(39)7-12-31(24,2)22(23)8-13-32(26,35)3/h18,20-22,24,26-29,37-39,41-43H,6-17,19,36H2,1-5H3/p+1. The van der Waals surface area contributed by atoms with Crippen LogP contribution in [0.15, 0.2) is 11.6 Å². The quantitative estimate of drug-likeness (QED) is 0.200. The van der Waals surface area contributed by atoms with E-state index in [0.717, 1.165) is 44.2 Å². The summed E-state index contributed by atoms with van der Waals surface area (Å²) in [6.07, 6.45) is 8.09. The number of hydrogen-bond donors (Lipinski definition) is 7. The predicted octanol–water partition coefficient (Wildman–Crippen LogP) is 1.53. The summed E-state index contributed by atoms with van der Waals surface area (Å²) in [7, 11) is 0. The molecular formula is C35H59N2O7+. The van der Waals surface area contributed by atoms with Crippen LogP contribution in [-0.4, -0.2) is 85.7 Å². The van der Waals surface area contributed by atoms with Gasteiger partial charge in [0.15, 0.2) is 5.78 Å². The van der Waals surface area contributed by atoms with Gasteiger partial charge in [-0.2, -0.15) is 0 Å². The molecule has 2 saturated heterocycles. The van der Waals surface area contributed by atoms with Gasteiger partial charge in [0.1, 0.15) is 18.4 Å². The Balaban J connectivity index is 1.21. The van der Waals surface area contributed by atoms with Gasteiger partial charge in [0.05, 0.1) is 36.1 Å². The summed E-state index contributed by atoms with van der Waals surface area (Å²) in [6, 6.07) is 0. The second-order valence-corrected chi connectivity index (χ2v) is 17.1. The molecule has 9 N–H and O–H groups in total. The van der Waals surface area contributed by atoms with Gasteiger partial charge >= 0.3 is 0 Å². The Hall–Kier alpha value is -0.910. The lowest BCUT2D eigenvalue weighted by molar-refractivity contribution is -0.699. The van der Waals surface area contributed by atoms with E-state index in [1.54, 1.807) is 19.9 Å². The Morgan fingerprint density at radius 1 is 1.02 bits per heavy atom. The number of carbonyl (C=O) groups excluding carboxylic acids is 1. The van der Waals surface area contributed by atoms with Gasteiger partial charge in [-0.3, -0.25) is 10.5 Å². The third kappa shape index (κ3) is 4.74. The Bertz CT molecular complexity index is 1170. The SMILES string of the molecule is CC(O)(C1OC1C(C)(O)C(C)(CO)CCC1CC[NH2+]C(N)C1)C1CCC2(O)C3=CC(=O)C4CC(O)CCC4(C)C3CCC12C. The number of quaternary nitrogens is 1. The number of ketones is 1. The molecule has 14 atom stereocenters. The zero-order chi connectivity index (χ0) is 32.1. The smallest absolute Gasteiger partial charge is 0.159 e. The third-order valence-corrected chi connectivity index (χ3v) is 14.7. The molecule has 0 bridgehead atoms. The zero-order valence-corrected chi connectivity index (χ0v) is 27.6. The van der Waals surface area contributed by atoms with E-state index < -0.39 is 45.9 Å². The molecule has 9 nitrogen and oxygen atoms in total. The van der Waals surface area contributed by atoms with Crippen molar-refractivity contribution in [1.29, 1.82) is 0 Å². The van der Waals surface area contributed by atoms with Gasteiger partial charge < -0.3 is 35.6 Å². The number of aliphatic hydroxyl groups excluding tert-OH is 2. The highest BCUT2D eigenvalue weighted by Crippen LogP contribution is 2.69. The fourth-order valence-corrected chi connectivity index (χ4v) is 11.2. The molecule has 0 aromatic rings. The summed E-state index contributed by atoms with van der Waals surface area (Å²) < 4.78 is 6.18. The molecule has 3 saturated carbocycles. The second kappa shape index (κ2) is 10.8. The van der Waals surface area contributed by atoms with Gasteiger partial charge in [0, 0.05) is 23.2 Å². The average Bonchev–Trinajstić information content (AvgIpc) is 3.73. The molecule has 6 rings (SSSR count). The van der Waals surface area contributed by atoms with Crippen molar-refractivity contribution >= 4 is 5.78 Å². The van der Waals surface area contributed by atoms with Gasteiger partial charge in [-0.05, 0) is 113 Å². The van der Waals surface area contributed by atoms with E-state index >= 15 is 0 Å². The fourth-order valence-electron chi connectivity index (χ4n) is 11.2. The lowest BCUT2D eigenvalue weighted by Gasteiger charge is -2.60. The molecule has 14 unspecified atom stereocenters. The molecule has 0 aromatic carbocycles. The van der Waals surface area contributed by atoms with Gasteiger partial charge in [0.25, 0.3) is 0 Å². The maximum Gasteiger partial charge on any atom is 0.159 e. The highest BCUT2D eigenvalue weighted by molar-refractivity contribution is 5.95. The Labute approximate surface area is 263 Å². The summed E-state index contributed by atoms with van der Waals surface area (Å²) in [5.41, 5.74) is 1.31. The first-order valence-corrected chi connectivity index (χ1v) is 17.4. The number of piperidine rings is 1. The minimum absolute atomic E-state index is 0.0173. The number of hydrogen-bond acceptors (Lipinski definition) is 8. The first-order valence-electron chi connectivity index (χ1n) is 17.4. The van der Waals surface area contributed by atoms with E-state index in [1.807, 2.05) is 6.92 Å². The van der Waals surface area contributed by atoms with E-state index in [-0.39, 0.29) is 41.7 Å². The number of ether oxygens (including phenoxy) is 1. The van der Waals surface area contributed by atoms with Crippen LogP contribution in [-0.2, 0) is 9.53 Å². The van der Waals surface area contributed by atoms with Crippen LogP contribution in [0.2, 0.25) is 0 Å². The van der Waals surface area contributed by atoms with E-state index in [2.05, 4.69) is 19.2 Å². The lowest BCUT2D eigenvalue weighted by Crippen LogP contribution is -2.94. The molecular weight excluding hydrogens is 560 g/mol. The Morgan fingerprint density at radius 3 is 2.43 bits per heavy atom. The molecule has 0 amide bonds. The van der Waals surface area contributed by atoms with Crippen molar-refractivity contribution in [3.05, 3.63) is 11.6 Å². The number of nitrogens with two attached hydrogens (primary N) is 2. The summed E-state index contributed by atoms with van der Waals surface area (Å²) in [6.45, 7) is 10.5. The summed E-state index contributed by atoms with van der Waals surface area (Å²) >= 11 is 0. The number of epoxide rings is 1. The van der Waals surface area contributed by atoms with Gasteiger partial charge in [0.2, 0.25) is 0 Å². The van der Waals surface area contributed by atoms with Crippen LogP contribution in [0, 0.1) is 39.9 Å². The minimum Gasteiger partial charge on any atom is -0.396 e. The maximum atomic E-state index is 13.5. The maximum absolute atomic E-state index is 13.5. The average molecular weight is 620 g/mol. The van der Waals surface area contributed by atoms with Crippen LogP contribution in [0.1, 0.15) is 105 Å². The van der Waals surface area contributed by atoms with E-state index in [9.17, 15) is 30.3 Å². The molecule has 0 aromatic heterocycles. The first-order chi connectivity index (χ1) is 20.4. The van der Waals surface area contributed by atoms with Crippen molar-refractivity contribution < 1.29 is 40.4 Å². The first kappa shape index (κ1) is 33.0. The number of allylic oxidation sites excluding steroid dienone is 1. The van der Waals surface area contributed by atoms with Crippen molar-refractivity contribution in [2.45, 2.75) is 147 Å². The molecule has 0 radical (unpaired) electrons. The summed E-state index contributed by atoms with van der Waals surface area (Å²) in [5.74, 6) is 0.0294. The highest BCUT2D eigenvalue weighted by Gasteiger charge is 2.73. The van der Waals surface area contributed by atoms with Crippen LogP contribution in [0.25, 0.3) is 0 Å². The highest BCUT2D eigenvalue weighted by atomic mass is 16.6. The molecule has 5 fully saturated rings. The predicted molar refractivity (Wildman–Crippen MR) is 165 cm³/mol. The van der Waals surface area contributed by atoms with Gasteiger partial charge in [-0.1, -0.05) is 20.8 Å². The van der Waals surface area contributed by atoms with Gasteiger partial charge in [-0.15, -0.1) is 0 Å². The Morgan fingerprint density at radius 2 is 1.75 bits per heavy atom. The van der Waals surface area contributed by atoms with Crippen LogP contribution in [0.4, 0.5) is 0 Å². The van der Waals surface area contributed by atoms with Crippen molar-refractivity contribution in [3.8, 4) is 0 Å². The van der Waals surface area contributed by atoms with Crippen molar-refractivity contribution in [1.82, 2.24) is 0 Å². The molecule has 9 heteroatoms. The lowest BCUT2D eigenvalue weighted by atomic mass is 9.46. The van der Waals surface area contributed by atoms with Crippen molar-refractivity contribution in [3.63, 3.8) is 0 Å². The number of fused-ring (bicyclic) bond motifs is 5. The number of rotatable bonds is 8. The topological polar surface area (TPSA) is 173 Å². The Kier molecular flexibility index (Phi) is 8.11. The van der Waals surface area contributed by atoms with E-state index in [0.29, 0.717) is 44.4 Å². The minimum atomic E-state index is -1.37. The third-order valence-electron chi connectivity index (χ3n) is 14.7. The fraction of sp³-hybridized carbons (Fsp3) is 0.914. The summed E-state index contributed by atoms with van der Waals surface area (Å²) in [4.78, 5) is 13.5. The van der Waals surface area contributed by atoms with Crippen LogP contribution < -0.4 is 11.1 Å². The molecule has 2 heterocycles. The van der Waals surface area contributed by atoms with Crippen molar-refractivity contribution in [2.75, 3.05) is 13.2 Å². The largest absolute Gasteiger partial charge is 0.396 e. The van der Waals surface area contributed by atoms with E-state index in [4.69, 9.17) is 10.5 Å². The normalized spacial score (nSPS) is 49.4. The molecule has 44 heavy (non-hydrogen) atoms. The second-order valence-electron chi connectivity index (χ2n) is 17.1. The summed E-state index contributed by atoms with van der Waals surface area (Å²) in [5, 5.41) is 59.9. The number of carbonyl (C=O) groups is 1. The molecule has 4 aliphatic carbocycles. The zero-order valence-electron chi connectivity index (χ0n) is 27.6. The van der Waals surface area contributed by atoms with Gasteiger partial charge in [-0.25, -0.2) is 0 Å². The molecule has 6 aliphatic rings. The molecule has 0 spiro atoms. The monoisotopic (exact) mass is 619 g/mol. The van der Waals surface area contributed by atoms with Crippen LogP contribution >= 0.6 is 0 Å². The number of aliphatic hydroxyl groups is 5. The van der Waals surface area contributed by atoms with Crippen molar-refractivity contribution in [2.24, 2.45) is 45.7 Å². The van der Waals surface area contributed by atoms with Crippen LogP contribution in [0.3, 0.4) is 0 Å². The molecule has 2 aliphatic heterocycles. The van der Waals surface area contributed by atoms with Crippen LogP contribution in [0.5, 0.6) is 0 Å². The van der Waals surface area contributed by atoms with E-state index in [1.165, 1.54) is 0 Å². The molecule has 250 valence electrons.